The van der Waals surface area contributed by atoms with Crippen molar-refractivity contribution in [2.45, 2.75) is 64.5 Å². The number of carbonyl (C=O) groups is 2. The molecule has 274 valence electrons. The predicted molar refractivity (Wildman–Crippen MR) is 212 cm³/mol. The third kappa shape index (κ3) is 7.08. The van der Waals surface area contributed by atoms with Crippen LogP contribution in [0.4, 0.5) is 0 Å². The topological polar surface area (TPSA) is 89.0 Å². The number of benzene rings is 3. The minimum absolute atomic E-state index is 0.0537. The summed E-state index contributed by atoms with van der Waals surface area (Å²) >= 11 is 0. The number of rotatable bonds is 12. The van der Waals surface area contributed by atoms with Gasteiger partial charge in [0.15, 0.2) is 0 Å². The summed E-state index contributed by atoms with van der Waals surface area (Å²) in [5.74, 6) is -0.868. The maximum absolute atomic E-state index is 14.0. The predicted octanol–water partition coefficient (Wildman–Crippen LogP) is 7.41. The fraction of sp³-hybridized carbons (Fsp3) is 0.356. The molecule has 8 heteroatoms. The molecule has 2 amide bonds. The highest BCUT2D eigenvalue weighted by Gasteiger charge is 2.57. The van der Waals surface area contributed by atoms with Gasteiger partial charge in [-0.3, -0.25) is 19.5 Å². The zero-order valence-electron chi connectivity index (χ0n) is 31.2. The van der Waals surface area contributed by atoms with Gasteiger partial charge in [0.25, 0.3) is 8.32 Å². The molecule has 3 heterocycles. The van der Waals surface area contributed by atoms with Crippen molar-refractivity contribution < 1.29 is 23.9 Å². The number of ether oxygens (including phenoxy) is 1. The smallest absolute Gasteiger partial charge is 0.261 e. The quantitative estimate of drug-likeness (QED) is 0.0930. The summed E-state index contributed by atoms with van der Waals surface area (Å²) in [6.07, 6.45) is 6.29. The Morgan fingerprint density at radius 2 is 1.57 bits per heavy atom. The average Bonchev–Trinajstić information content (AvgIpc) is 3.70. The van der Waals surface area contributed by atoms with Crippen molar-refractivity contribution >= 4 is 42.2 Å². The Bertz CT molecular complexity index is 1930. The minimum Gasteiger partial charge on any atom is -0.508 e. The lowest BCUT2D eigenvalue weighted by molar-refractivity contribution is -0.140. The summed E-state index contributed by atoms with van der Waals surface area (Å²) in [6, 6.07) is 34.4. The first-order valence-electron chi connectivity index (χ1n) is 19.0. The van der Waals surface area contributed by atoms with E-state index in [1.54, 1.807) is 18.3 Å². The molecule has 0 bridgehead atoms. The van der Waals surface area contributed by atoms with Gasteiger partial charge in [-0.1, -0.05) is 107 Å². The van der Waals surface area contributed by atoms with Gasteiger partial charge in [-0.05, 0) is 93.7 Å². The first-order valence-corrected chi connectivity index (χ1v) is 20.9. The number of hydrogen-bond donors (Lipinski definition) is 1. The molecule has 1 N–H and O–H groups in total. The number of pyridine rings is 1. The normalized spacial score (nSPS) is 22.0. The SMILES string of the molecule is CCCN1C(=O)[C@@H]2[C@@H](CC(CO[Si](c3ccccc3)(c3ccccc3)C(C)(C)C)=C3[C@@H](CC/C(=C/c4ccc(O)cc4)c4ccccn4)OC[C@@H]32)C1=O. The van der Waals surface area contributed by atoms with Crippen LogP contribution in [0.15, 0.2) is 120 Å². The number of amides is 2. The number of imide groups is 1. The van der Waals surface area contributed by atoms with E-state index in [2.05, 4.69) is 80.4 Å². The maximum Gasteiger partial charge on any atom is 0.261 e. The molecule has 3 aliphatic rings. The van der Waals surface area contributed by atoms with Gasteiger partial charge in [0.05, 0.1) is 36.8 Å². The maximum atomic E-state index is 14.0. The second-order valence-electron chi connectivity index (χ2n) is 15.6. The molecule has 2 fully saturated rings. The van der Waals surface area contributed by atoms with E-state index >= 15 is 0 Å². The molecule has 1 aliphatic carbocycles. The first-order chi connectivity index (χ1) is 25.6. The van der Waals surface area contributed by atoms with Crippen LogP contribution in [0.3, 0.4) is 0 Å². The van der Waals surface area contributed by atoms with Crippen LogP contribution in [0, 0.1) is 17.8 Å². The van der Waals surface area contributed by atoms with Crippen molar-refractivity contribution in [2.24, 2.45) is 17.8 Å². The fourth-order valence-electron chi connectivity index (χ4n) is 8.96. The second kappa shape index (κ2) is 15.4. The Morgan fingerprint density at radius 3 is 2.17 bits per heavy atom. The molecule has 0 spiro atoms. The number of allylic oxidation sites excluding steroid dienone is 1. The van der Waals surface area contributed by atoms with Crippen LogP contribution < -0.4 is 10.4 Å². The molecule has 0 radical (unpaired) electrons. The molecule has 0 saturated carbocycles. The second-order valence-corrected chi connectivity index (χ2v) is 19.9. The van der Waals surface area contributed by atoms with Gasteiger partial charge in [-0.25, -0.2) is 0 Å². The average molecular weight is 727 g/mol. The van der Waals surface area contributed by atoms with E-state index in [-0.39, 0.29) is 34.6 Å². The van der Waals surface area contributed by atoms with Crippen LogP contribution in [0.1, 0.15) is 64.6 Å². The van der Waals surface area contributed by atoms with E-state index in [1.165, 1.54) is 15.3 Å². The standard InChI is InChI=1S/C45H50N2O5Si/c1-5-26-47-43(49)37-28-33(29-52-53(45(2,3)4,35-14-8-6-9-15-35)36-16-10-7-11-17-36)41-38(42(37)44(47)50)30-51-40(41)24-21-32(39-18-12-13-25-46-39)27-31-19-22-34(48)23-20-31/h6-20,22-23,25,27,37-38,40,42,48H,5,21,24,26,28-30H2,1-4H3/b32-27-/t37-,38+,40-,42-/m1/s1. The van der Waals surface area contributed by atoms with Crippen molar-refractivity contribution in [1.29, 1.82) is 0 Å². The minimum atomic E-state index is -2.89. The molecule has 53 heavy (non-hydrogen) atoms. The number of aromatic hydroxyl groups is 1. The van der Waals surface area contributed by atoms with Crippen molar-refractivity contribution in [1.82, 2.24) is 9.88 Å². The summed E-state index contributed by atoms with van der Waals surface area (Å²) < 4.78 is 14.2. The van der Waals surface area contributed by atoms with Crippen molar-refractivity contribution in [3.63, 3.8) is 0 Å². The monoisotopic (exact) mass is 726 g/mol. The third-order valence-electron chi connectivity index (χ3n) is 11.3. The van der Waals surface area contributed by atoms with E-state index in [0.29, 0.717) is 39.0 Å². The molecular weight excluding hydrogens is 677 g/mol. The Balaban J connectivity index is 1.28. The molecule has 7 rings (SSSR count). The van der Waals surface area contributed by atoms with Crippen LogP contribution in [0.25, 0.3) is 11.6 Å². The highest BCUT2D eigenvalue weighted by Crippen LogP contribution is 2.50. The van der Waals surface area contributed by atoms with Crippen molar-refractivity contribution in [3.05, 3.63) is 132 Å². The van der Waals surface area contributed by atoms with E-state index in [1.807, 2.05) is 49.4 Å². The van der Waals surface area contributed by atoms with E-state index in [4.69, 9.17) is 9.16 Å². The Hall–Kier alpha value is -4.63. The Kier molecular flexibility index (Phi) is 10.7. The summed E-state index contributed by atoms with van der Waals surface area (Å²) in [7, 11) is -2.89. The molecule has 1 aromatic heterocycles. The number of aromatic nitrogens is 1. The van der Waals surface area contributed by atoms with E-state index in [9.17, 15) is 14.7 Å². The first kappa shape index (κ1) is 36.7. The summed E-state index contributed by atoms with van der Waals surface area (Å²) in [4.78, 5) is 34.1. The number of fused-ring (bicyclic) bond motifs is 3. The van der Waals surface area contributed by atoms with Gasteiger partial charge in [0.2, 0.25) is 11.8 Å². The summed E-state index contributed by atoms with van der Waals surface area (Å²) in [5, 5.41) is 12.1. The van der Waals surface area contributed by atoms with Crippen LogP contribution in [0.2, 0.25) is 5.04 Å². The fourth-order valence-corrected chi connectivity index (χ4v) is 13.5. The third-order valence-corrected chi connectivity index (χ3v) is 16.3. The lowest BCUT2D eigenvalue weighted by Crippen LogP contribution is -2.66. The molecule has 2 saturated heterocycles. The number of phenolic OH excluding ortho intramolecular Hbond substituents is 1. The largest absolute Gasteiger partial charge is 0.508 e. The summed E-state index contributed by atoms with van der Waals surface area (Å²) in [6.45, 7) is 10.1. The zero-order valence-corrected chi connectivity index (χ0v) is 32.2. The molecule has 2 aliphatic heterocycles. The van der Waals surface area contributed by atoms with Gasteiger partial charge in [-0.15, -0.1) is 0 Å². The number of hydrogen-bond acceptors (Lipinski definition) is 6. The van der Waals surface area contributed by atoms with E-state index < -0.39 is 20.2 Å². The molecule has 4 atom stereocenters. The van der Waals surface area contributed by atoms with Crippen LogP contribution in [-0.2, 0) is 18.8 Å². The van der Waals surface area contributed by atoms with Crippen LogP contribution in [-0.4, -0.2) is 61.0 Å². The number of nitrogens with zero attached hydrogens (tertiary/aromatic N) is 2. The molecule has 0 unspecified atom stereocenters. The highest BCUT2D eigenvalue weighted by molar-refractivity contribution is 6.99. The van der Waals surface area contributed by atoms with Crippen molar-refractivity contribution in [2.75, 3.05) is 19.8 Å². The van der Waals surface area contributed by atoms with Crippen molar-refractivity contribution in [3.8, 4) is 5.75 Å². The number of likely N-dealkylation sites (tertiary alicyclic amines) is 1. The van der Waals surface area contributed by atoms with Crippen LogP contribution in [0.5, 0.6) is 5.75 Å². The highest BCUT2D eigenvalue weighted by atomic mass is 28.4. The van der Waals surface area contributed by atoms with E-state index in [0.717, 1.165) is 34.4 Å². The molecule has 7 nitrogen and oxygen atoms in total. The van der Waals surface area contributed by atoms with Gasteiger partial charge in [0, 0.05) is 18.7 Å². The lowest BCUT2D eigenvalue weighted by Gasteiger charge is -2.44. The van der Waals surface area contributed by atoms with Gasteiger partial charge < -0.3 is 14.3 Å². The molecule has 4 aromatic rings. The lowest BCUT2D eigenvalue weighted by atomic mass is 9.69. The number of carbonyl (C=O) groups excluding carboxylic acids is 2. The molecular formula is C45H50N2O5Si. The van der Waals surface area contributed by atoms with Gasteiger partial charge >= 0.3 is 0 Å². The Labute approximate surface area is 314 Å². The zero-order chi connectivity index (χ0) is 37.2. The van der Waals surface area contributed by atoms with Gasteiger partial charge in [-0.2, -0.15) is 0 Å². The summed E-state index contributed by atoms with van der Waals surface area (Å²) in [5.41, 5.74) is 5.17. The van der Waals surface area contributed by atoms with Crippen LogP contribution >= 0.6 is 0 Å². The molecule has 3 aromatic carbocycles. The Morgan fingerprint density at radius 1 is 0.906 bits per heavy atom. The number of phenols is 1. The van der Waals surface area contributed by atoms with Gasteiger partial charge in [0.1, 0.15) is 5.75 Å².